The predicted octanol–water partition coefficient (Wildman–Crippen LogP) is -2.13. The fourth-order valence-electron chi connectivity index (χ4n) is 3.27. The molecule has 180 valence electrons. The average molecular weight is 479 g/mol. The van der Waals surface area contributed by atoms with E-state index < -0.39 is 30.3 Å². The molecule has 0 radical (unpaired) electrons. The van der Waals surface area contributed by atoms with Crippen molar-refractivity contribution < 1.29 is 91.3 Å². The molecular weight excluding hydrogens is 434 g/mol. The summed E-state index contributed by atoms with van der Waals surface area (Å²) in [5, 5.41) is 21.1. The molecule has 0 aromatic heterocycles. The second kappa shape index (κ2) is 23.1. The largest absolute Gasteiger partial charge is 1.00 e. The summed E-state index contributed by atoms with van der Waals surface area (Å²) in [6.07, 6.45) is 9.43. The van der Waals surface area contributed by atoms with E-state index in [1.165, 1.54) is 57.3 Å². The van der Waals surface area contributed by atoms with Gasteiger partial charge < -0.3 is 23.1 Å². The summed E-state index contributed by atoms with van der Waals surface area (Å²) in [5.41, 5.74) is 0. The maximum Gasteiger partial charge on any atom is 1.00 e. The number of hydrogen-bond acceptors (Lipinski definition) is 5. The summed E-state index contributed by atoms with van der Waals surface area (Å²) >= 11 is 0. The zero-order valence-corrected chi connectivity index (χ0v) is 25.2. The molecule has 3 unspecified atom stereocenters. The van der Waals surface area contributed by atoms with E-state index >= 15 is 0 Å². The molecule has 0 aromatic carbocycles. The topological polar surface area (TPSA) is 116 Å². The number of nitrogens with zero attached hydrogens (tertiary/aromatic N) is 1. The molecule has 10 heteroatoms. The van der Waals surface area contributed by atoms with Crippen LogP contribution in [-0.2, 0) is 19.1 Å². The number of rotatable bonds is 19. The van der Waals surface area contributed by atoms with Crippen molar-refractivity contribution in [2.75, 3.05) is 13.1 Å². The van der Waals surface area contributed by atoms with E-state index in [2.05, 4.69) is 12.2 Å². The standard InChI is InChI=1S/C22H42N2O6.2Na.2H/c1-5-6-7-8-9-10-11-12-13-14-20(25)23-15-16-24(17(2)21(26)27)19(4)30-18(3)22(28)29;;;;/h17-19H,5-16H2,1-4H3,(H,23,25)(H,26,27)(H,28,29);;;;/q;2*+1;2*-1. The van der Waals surface area contributed by atoms with Gasteiger partial charge in [0, 0.05) is 19.5 Å². The first-order valence-corrected chi connectivity index (χ1v) is 11.3. The van der Waals surface area contributed by atoms with E-state index in [1.807, 2.05) is 0 Å². The van der Waals surface area contributed by atoms with Gasteiger partial charge in [-0.15, -0.1) is 0 Å². The van der Waals surface area contributed by atoms with Crippen LogP contribution < -0.4 is 64.4 Å². The zero-order chi connectivity index (χ0) is 22.9. The summed E-state index contributed by atoms with van der Waals surface area (Å²) in [4.78, 5) is 35.9. The van der Waals surface area contributed by atoms with Crippen molar-refractivity contribution in [2.45, 2.75) is 110 Å². The number of carboxylic acid groups (broad SMARTS) is 2. The fourth-order valence-corrected chi connectivity index (χ4v) is 3.27. The molecule has 1 amide bonds. The van der Waals surface area contributed by atoms with Crippen LogP contribution in [0.3, 0.4) is 0 Å². The summed E-state index contributed by atoms with van der Waals surface area (Å²) < 4.78 is 5.39. The number of amides is 1. The van der Waals surface area contributed by atoms with Crippen LogP contribution >= 0.6 is 0 Å². The van der Waals surface area contributed by atoms with Crippen molar-refractivity contribution >= 4 is 17.8 Å². The van der Waals surface area contributed by atoms with E-state index in [0.29, 0.717) is 6.42 Å². The van der Waals surface area contributed by atoms with Crippen molar-refractivity contribution in [1.29, 1.82) is 0 Å². The van der Waals surface area contributed by atoms with Crippen LogP contribution in [-0.4, -0.2) is 64.4 Å². The normalized spacial score (nSPS) is 13.4. The Kier molecular flexibility index (Phi) is 26.6. The smallest absolute Gasteiger partial charge is 1.00 e. The van der Waals surface area contributed by atoms with Crippen LogP contribution in [0.4, 0.5) is 0 Å². The number of carbonyl (C=O) groups excluding carboxylic acids is 1. The molecule has 0 bridgehead atoms. The molecule has 0 spiro atoms. The monoisotopic (exact) mass is 478 g/mol. The maximum atomic E-state index is 12.0. The average Bonchev–Trinajstić information content (AvgIpc) is 2.69. The maximum absolute atomic E-state index is 12.0. The van der Waals surface area contributed by atoms with Crippen molar-refractivity contribution in [3.05, 3.63) is 0 Å². The third kappa shape index (κ3) is 18.7. The van der Waals surface area contributed by atoms with Gasteiger partial charge in [-0.05, 0) is 27.2 Å². The van der Waals surface area contributed by atoms with Gasteiger partial charge in [0.1, 0.15) is 12.3 Å². The third-order valence-corrected chi connectivity index (χ3v) is 5.27. The Bertz CT molecular complexity index is 522. The van der Waals surface area contributed by atoms with Gasteiger partial charge in [-0.1, -0.05) is 58.3 Å². The number of carboxylic acids is 2. The Hall–Kier alpha value is 0.330. The molecule has 3 atom stereocenters. The summed E-state index contributed by atoms with van der Waals surface area (Å²) in [6, 6.07) is -0.866. The molecule has 32 heavy (non-hydrogen) atoms. The minimum atomic E-state index is -1.11. The molecule has 0 aliphatic rings. The molecular formula is C22H44N2Na2O6. The Morgan fingerprint density at radius 3 is 1.84 bits per heavy atom. The van der Waals surface area contributed by atoms with E-state index in [4.69, 9.17) is 9.84 Å². The van der Waals surface area contributed by atoms with E-state index in [-0.39, 0.29) is 81.0 Å². The molecule has 0 saturated heterocycles. The fraction of sp³-hybridized carbons (Fsp3) is 0.864. The summed E-state index contributed by atoms with van der Waals surface area (Å²) in [5.74, 6) is -2.19. The van der Waals surface area contributed by atoms with Crippen LogP contribution in [0, 0.1) is 0 Å². The Labute approximate surface area is 241 Å². The van der Waals surface area contributed by atoms with Crippen molar-refractivity contribution in [3.63, 3.8) is 0 Å². The Morgan fingerprint density at radius 1 is 0.875 bits per heavy atom. The van der Waals surface area contributed by atoms with Crippen LogP contribution in [0.1, 0.15) is 94.8 Å². The van der Waals surface area contributed by atoms with Gasteiger partial charge in [0.15, 0.2) is 6.10 Å². The zero-order valence-electron chi connectivity index (χ0n) is 23.2. The van der Waals surface area contributed by atoms with Crippen molar-refractivity contribution in [3.8, 4) is 0 Å². The number of aliphatic carboxylic acids is 2. The molecule has 0 aliphatic heterocycles. The first kappa shape index (κ1) is 36.9. The van der Waals surface area contributed by atoms with E-state index in [0.717, 1.165) is 19.3 Å². The summed E-state index contributed by atoms with van der Waals surface area (Å²) in [6.45, 7) is 7.27. The first-order valence-electron chi connectivity index (χ1n) is 11.3. The van der Waals surface area contributed by atoms with Gasteiger partial charge in [0.25, 0.3) is 0 Å². The van der Waals surface area contributed by atoms with Crippen LogP contribution in [0.5, 0.6) is 0 Å². The molecule has 3 N–H and O–H groups in total. The van der Waals surface area contributed by atoms with Gasteiger partial charge in [-0.2, -0.15) is 0 Å². The molecule has 8 nitrogen and oxygen atoms in total. The van der Waals surface area contributed by atoms with Crippen LogP contribution in [0.25, 0.3) is 0 Å². The molecule has 0 aromatic rings. The Morgan fingerprint density at radius 2 is 1.38 bits per heavy atom. The quantitative estimate of drug-likeness (QED) is 0.110. The number of carbonyl (C=O) groups is 3. The van der Waals surface area contributed by atoms with Gasteiger partial charge in [0.2, 0.25) is 5.91 Å². The van der Waals surface area contributed by atoms with Gasteiger partial charge in [-0.25, -0.2) is 4.79 Å². The van der Waals surface area contributed by atoms with Crippen LogP contribution in [0.15, 0.2) is 0 Å². The SMILES string of the molecule is CCCCCCCCCCCC(=O)NCCN(C(C)OC(C)C(=O)O)C(C)C(=O)O.[H-].[H-].[Na+].[Na+]. The second-order valence-corrected chi connectivity index (χ2v) is 7.90. The number of hydrogen-bond donors (Lipinski definition) is 3. The van der Waals surface area contributed by atoms with Gasteiger partial charge in [0.05, 0.1) is 0 Å². The Balaban J connectivity index is -0.000000701. The van der Waals surface area contributed by atoms with E-state index in [9.17, 15) is 19.5 Å². The van der Waals surface area contributed by atoms with Crippen LogP contribution in [0.2, 0.25) is 0 Å². The third-order valence-electron chi connectivity index (χ3n) is 5.27. The second-order valence-electron chi connectivity index (χ2n) is 7.90. The van der Waals surface area contributed by atoms with Crippen molar-refractivity contribution in [1.82, 2.24) is 10.2 Å². The van der Waals surface area contributed by atoms with Crippen molar-refractivity contribution in [2.24, 2.45) is 0 Å². The number of unbranched alkanes of at least 4 members (excludes halogenated alkanes) is 8. The van der Waals surface area contributed by atoms with Gasteiger partial charge in [-0.3, -0.25) is 14.5 Å². The van der Waals surface area contributed by atoms with Gasteiger partial charge >= 0.3 is 71.1 Å². The molecule has 0 rings (SSSR count). The number of ether oxygens (including phenoxy) is 1. The molecule has 0 saturated carbocycles. The predicted molar refractivity (Wildman–Crippen MR) is 119 cm³/mol. The first-order chi connectivity index (χ1) is 14.2. The summed E-state index contributed by atoms with van der Waals surface area (Å²) in [7, 11) is 0. The molecule has 0 heterocycles. The number of nitrogens with one attached hydrogen (secondary N) is 1. The van der Waals surface area contributed by atoms with E-state index in [1.54, 1.807) is 6.92 Å². The minimum absolute atomic E-state index is 0. The minimum Gasteiger partial charge on any atom is -1.00 e. The molecule has 0 fully saturated rings. The molecule has 0 aliphatic carbocycles.